The van der Waals surface area contributed by atoms with E-state index >= 15 is 0 Å². The molecule has 134 valence electrons. The van der Waals surface area contributed by atoms with Crippen LogP contribution in [0, 0.1) is 10.1 Å². The van der Waals surface area contributed by atoms with Gasteiger partial charge in [-0.2, -0.15) is 0 Å². The number of rotatable bonds is 5. The lowest BCUT2D eigenvalue weighted by atomic mass is 10.3. The fraction of sp³-hybridized carbons (Fsp3) is 0.286. The van der Waals surface area contributed by atoms with Crippen LogP contribution in [0.5, 0.6) is 0 Å². The van der Waals surface area contributed by atoms with Crippen LogP contribution < -0.4 is 0 Å². The number of nitrogens with zero attached hydrogens (tertiary/aromatic N) is 1. The van der Waals surface area contributed by atoms with Crippen molar-refractivity contribution in [2.45, 2.75) is 19.6 Å². The zero-order valence-corrected chi connectivity index (χ0v) is 20.1. The van der Waals surface area contributed by atoms with Crippen molar-refractivity contribution in [2.75, 3.05) is 25.0 Å². The van der Waals surface area contributed by atoms with Crippen molar-refractivity contribution in [3.05, 3.63) is 33.1 Å². The summed E-state index contributed by atoms with van der Waals surface area (Å²) in [7, 11) is 0. The van der Waals surface area contributed by atoms with Crippen LogP contribution in [0.15, 0.2) is 42.6 Å². The van der Waals surface area contributed by atoms with Crippen LogP contribution in [0.4, 0.5) is 5.69 Å². The Labute approximate surface area is 181 Å². The van der Waals surface area contributed by atoms with E-state index in [4.69, 9.17) is 0 Å². The second-order valence-corrected chi connectivity index (χ2v) is 12.9. The lowest BCUT2D eigenvalue weighted by molar-refractivity contribution is -0.388. The first-order valence-electron chi connectivity index (χ1n) is 6.75. The smallest absolute Gasteiger partial charge is 0.258 e. The van der Waals surface area contributed by atoms with E-state index in [1.54, 1.807) is 100 Å². The number of nitro groups is 1. The first kappa shape index (κ1) is 20.6. The molecule has 0 radical (unpaired) electrons. The maximum absolute atomic E-state index is 11.6. The van der Waals surface area contributed by atoms with Gasteiger partial charge in [-0.15, -0.1) is 47.0 Å². The second kappa shape index (κ2) is 8.93. The van der Waals surface area contributed by atoms with Crippen molar-refractivity contribution in [3.63, 3.8) is 0 Å². The van der Waals surface area contributed by atoms with Crippen LogP contribution in [0.1, 0.15) is 0 Å². The first-order valence-corrected chi connectivity index (χ1v) is 14.9. The van der Waals surface area contributed by atoms with Gasteiger partial charge in [0.2, 0.25) is 0 Å². The molecule has 0 aliphatic carbocycles. The molecule has 3 nitrogen and oxygen atoms in total. The molecule has 0 amide bonds. The van der Waals surface area contributed by atoms with Crippen molar-refractivity contribution in [3.8, 4) is 0 Å². The molecule has 0 saturated heterocycles. The molecule has 0 atom stereocenters. The van der Waals surface area contributed by atoms with Crippen LogP contribution in [0.25, 0.3) is 0 Å². The summed E-state index contributed by atoms with van der Waals surface area (Å²) >= 11 is 13.5. The topological polar surface area (TPSA) is 43.1 Å². The first-order chi connectivity index (χ1) is 12.0. The molecule has 0 fully saturated rings. The summed E-state index contributed by atoms with van der Waals surface area (Å²) in [4.78, 5) is 15.4. The Morgan fingerprint density at radius 2 is 1.32 bits per heavy atom. The maximum atomic E-state index is 11.6. The molecule has 25 heavy (non-hydrogen) atoms. The highest BCUT2D eigenvalue weighted by Gasteiger charge is 2.36. The van der Waals surface area contributed by atoms with E-state index in [0.717, 1.165) is 18.9 Å². The maximum Gasteiger partial charge on any atom is 0.285 e. The predicted octanol–water partition coefficient (Wildman–Crippen LogP) is 7.70. The summed E-state index contributed by atoms with van der Waals surface area (Å²) in [5.41, 5.74) is 0.229. The van der Waals surface area contributed by atoms with Gasteiger partial charge >= 0.3 is 0 Å². The van der Waals surface area contributed by atoms with Crippen molar-refractivity contribution in [1.29, 1.82) is 0 Å². The van der Waals surface area contributed by atoms with Gasteiger partial charge in [-0.1, -0.05) is 47.0 Å². The minimum Gasteiger partial charge on any atom is -0.258 e. The lowest BCUT2D eigenvalue weighted by Gasteiger charge is -2.04. The zero-order valence-electron chi connectivity index (χ0n) is 13.6. The van der Waals surface area contributed by atoms with E-state index < -0.39 is 0 Å². The van der Waals surface area contributed by atoms with E-state index in [-0.39, 0.29) is 10.6 Å². The summed E-state index contributed by atoms with van der Waals surface area (Å²) in [5.74, 6) is 0. The third-order valence-corrected chi connectivity index (χ3v) is 13.9. The van der Waals surface area contributed by atoms with Crippen molar-refractivity contribution in [1.82, 2.24) is 0 Å². The normalized spacial score (nSPS) is 15.4. The fourth-order valence-electron chi connectivity index (χ4n) is 2.17. The van der Waals surface area contributed by atoms with E-state index in [9.17, 15) is 10.1 Å². The Morgan fingerprint density at radius 3 is 1.84 bits per heavy atom. The molecular formula is C14H13NO2S8. The van der Waals surface area contributed by atoms with Crippen molar-refractivity contribution < 1.29 is 4.92 Å². The van der Waals surface area contributed by atoms with Gasteiger partial charge < -0.3 is 0 Å². The number of benzene rings is 1. The molecule has 2 aliphatic heterocycles. The van der Waals surface area contributed by atoms with Gasteiger partial charge in [0.15, 0.2) is 0 Å². The highest BCUT2D eigenvalue weighted by atomic mass is 32.2. The molecule has 2 aliphatic rings. The quantitative estimate of drug-likeness (QED) is 0.307. The fourth-order valence-corrected chi connectivity index (χ4v) is 12.0. The van der Waals surface area contributed by atoms with Gasteiger partial charge in [0, 0.05) is 20.8 Å². The van der Waals surface area contributed by atoms with Gasteiger partial charge in [-0.25, -0.2) is 0 Å². The standard InChI is InChI=1S/C14H13NO2S8/c1-18-11(19-2)13-22-7-5-6(15(16)17)8-10(9(7)24-13)25-14(23-8)12(20-3)21-4/h5H,1-4H3. The Bertz CT molecular complexity index is 793. The van der Waals surface area contributed by atoms with Crippen LogP contribution >= 0.6 is 94.1 Å². The molecule has 0 bridgehead atoms. The average molecular weight is 484 g/mol. The molecule has 0 N–H and O–H groups in total. The van der Waals surface area contributed by atoms with E-state index in [0.29, 0.717) is 0 Å². The highest BCUT2D eigenvalue weighted by Crippen LogP contribution is 2.66. The molecule has 0 unspecified atom stereocenters. The van der Waals surface area contributed by atoms with Crippen molar-refractivity contribution in [2.24, 2.45) is 0 Å². The Kier molecular flexibility index (Phi) is 7.37. The highest BCUT2D eigenvalue weighted by molar-refractivity contribution is 8.31. The summed E-state index contributed by atoms with van der Waals surface area (Å²) in [5, 5.41) is 11.6. The molecule has 11 heteroatoms. The van der Waals surface area contributed by atoms with Crippen LogP contribution in [-0.2, 0) is 0 Å². The molecular weight excluding hydrogens is 471 g/mol. The molecule has 1 aromatic carbocycles. The number of fused-ring (bicyclic) bond motifs is 3. The minimum absolute atomic E-state index is 0.229. The Balaban J connectivity index is 2.12. The zero-order chi connectivity index (χ0) is 18.1. The van der Waals surface area contributed by atoms with E-state index in [2.05, 4.69) is 25.0 Å². The SMILES string of the molecule is CSC(SC)=C1Sc2cc([N+](=O)[O-])c3c(c2S1)SC(=C(SC)SC)S3. The second-order valence-electron chi connectivity index (χ2n) is 4.51. The number of hydrogen-bond acceptors (Lipinski definition) is 10. The van der Waals surface area contributed by atoms with Gasteiger partial charge in [-0.3, -0.25) is 10.1 Å². The van der Waals surface area contributed by atoms with Gasteiger partial charge in [0.1, 0.15) is 4.90 Å². The molecule has 0 aromatic heterocycles. The van der Waals surface area contributed by atoms with Crippen molar-refractivity contribution >= 4 is 99.8 Å². The molecule has 3 rings (SSSR count). The Hall–Kier alpha value is 0.900. The number of nitro benzene ring substituents is 1. The summed E-state index contributed by atoms with van der Waals surface area (Å²) < 4.78 is 4.87. The monoisotopic (exact) mass is 483 g/mol. The minimum atomic E-state index is -0.246. The summed E-state index contributed by atoms with van der Waals surface area (Å²) in [6.07, 6.45) is 8.25. The predicted molar refractivity (Wildman–Crippen MR) is 125 cm³/mol. The number of hydrogen-bond donors (Lipinski definition) is 0. The van der Waals surface area contributed by atoms with E-state index in [1.165, 1.54) is 17.6 Å². The summed E-state index contributed by atoms with van der Waals surface area (Å²) in [6, 6.07) is 1.76. The van der Waals surface area contributed by atoms with Crippen LogP contribution in [0.2, 0.25) is 0 Å². The van der Waals surface area contributed by atoms with Crippen LogP contribution in [-0.4, -0.2) is 29.9 Å². The van der Waals surface area contributed by atoms with Gasteiger partial charge in [-0.05, 0) is 25.0 Å². The Morgan fingerprint density at radius 1 is 0.840 bits per heavy atom. The van der Waals surface area contributed by atoms with Gasteiger partial charge in [0.05, 0.1) is 21.9 Å². The average Bonchev–Trinajstić information content (AvgIpc) is 3.20. The molecule has 1 aromatic rings. The third kappa shape index (κ3) is 4.03. The van der Waals surface area contributed by atoms with E-state index in [1.807, 2.05) is 0 Å². The lowest BCUT2D eigenvalue weighted by Crippen LogP contribution is -1.92. The van der Waals surface area contributed by atoms with Gasteiger partial charge in [0.25, 0.3) is 5.69 Å². The molecule has 0 spiro atoms. The molecule has 0 saturated carbocycles. The molecule has 2 heterocycles. The van der Waals surface area contributed by atoms with Crippen LogP contribution in [0.3, 0.4) is 0 Å². The summed E-state index contributed by atoms with van der Waals surface area (Å²) in [6.45, 7) is 0. The third-order valence-electron chi connectivity index (χ3n) is 3.20. The largest absolute Gasteiger partial charge is 0.285 e. The number of thioether (sulfide) groups is 8.